The van der Waals surface area contributed by atoms with Crippen LogP contribution in [0.4, 0.5) is 0 Å². The molecule has 0 aliphatic carbocycles. The van der Waals surface area contributed by atoms with E-state index in [4.69, 9.17) is 4.42 Å². The molecule has 0 amide bonds. The van der Waals surface area contributed by atoms with E-state index in [1.54, 1.807) is 0 Å². The topological polar surface area (TPSA) is 53.9 Å². The van der Waals surface area contributed by atoms with Crippen molar-refractivity contribution in [2.24, 2.45) is 0 Å². The zero-order valence-corrected chi connectivity index (χ0v) is 11.1. The monoisotopic (exact) mass is 255 g/mol. The molecule has 98 valence electrons. The van der Waals surface area contributed by atoms with Crippen LogP contribution in [0.2, 0.25) is 0 Å². The number of aromatic amines is 1. The van der Waals surface area contributed by atoms with Crippen molar-refractivity contribution >= 4 is 11.0 Å². The number of rotatable bonds is 4. The number of nitrogens with one attached hydrogen (secondary N) is 2. The molecule has 0 radical (unpaired) electrons. The standard InChI is InChI=1S/C15H17N3O/c1-10(12-7-17-18-8-12)16-9-14-11(2)19-15-6-4-3-5-13(14)15/h3-8,10,16H,9H2,1-2H3,(H,17,18). The summed E-state index contributed by atoms with van der Waals surface area (Å²) in [7, 11) is 0. The van der Waals surface area contributed by atoms with Crippen molar-refractivity contribution in [3.8, 4) is 0 Å². The number of aryl methyl sites for hydroxylation is 1. The van der Waals surface area contributed by atoms with Crippen molar-refractivity contribution in [3.05, 3.63) is 53.5 Å². The van der Waals surface area contributed by atoms with Gasteiger partial charge in [0, 0.05) is 35.3 Å². The third-order valence-electron chi connectivity index (χ3n) is 3.50. The highest BCUT2D eigenvalue weighted by atomic mass is 16.3. The fraction of sp³-hybridized carbons (Fsp3) is 0.267. The summed E-state index contributed by atoms with van der Waals surface area (Å²) >= 11 is 0. The fourth-order valence-electron chi connectivity index (χ4n) is 2.31. The number of hydrogen-bond acceptors (Lipinski definition) is 3. The van der Waals surface area contributed by atoms with Crippen LogP contribution in [0.5, 0.6) is 0 Å². The molecule has 3 rings (SSSR count). The van der Waals surface area contributed by atoms with E-state index in [1.807, 2.05) is 37.5 Å². The van der Waals surface area contributed by atoms with E-state index in [-0.39, 0.29) is 6.04 Å². The normalized spacial score (nSPS) is 12.9. The maximum atomic E-state index is 5.76. The number of fused-ring (bicyclic) bond motifs is 1. The molecular formula is C15H17N3O. The molecule has 1 unspecified atom stereocenters. The molecule has 0 fully saturated rings. The summed E-state index contributed by atoms with van der Waals surface area (Å²) in [5.74, 6) is 0.980. The highest BCUT2D eigenvalue weighted by molar-refractivity contribution is 5.82. The highest BCUT2D eigenvalue weighted by Gasteiger charge is 2.12. The van der Waals surface area contributed by atoms with E-state index in [0.717, 1.165) is 23.5 Å². The molecule has 0 spiro atoms. The molecule has 19 heavy (non-hydrogen) atoms. The Kier molecular flexibility index (Phi) is 3.09. The van der Waals surface area contributed by atoms with Crippen LogP contribution in [0.3, 0.4) is 0 Å². The molecule has 0 aliphatic heterocycles. The van der Waals surface area contributed by atoms with E-state index in [2.05, 4.69) is 28.5 Å². The maximum absolute atomic E-state index is 5.76. The van der Waals surface area contributed by atoms with Gasteiger partial charge in [0.05, 0.1) is 6.20 Å². The van der Waals surface area contributed by atoms with Crippen LogP contribution in [0, 0.1) is 6.92 Å². The molecule has 4 heteroatoms. The Morgan fingerprint density at radius 3 is 3.00 bits per heavy atom. The van der Waals surface area contributed by atoms with Gasteiger partial charge in [0.15, 0.2) is 0 Å². The van der Waals surface area contributed by atoms with Crippen LogP contribution >= 0.6 is 0 Å². The molecular weight excluding hydrogens is 238 g/mol. The first-order chi connectivity index (χ1) is 9.25. The quantitative estimate of drug-likeness (QED) is 0.752. The molecule has 2 heterocycles. The van der Waals surface area contributed by atoms with Crippen molar-refractivity contribution in [1.82, 2.24) is 15.5 Å². The molecule has 2 aromatic heterocycles. The van der Waals surface area contributed by atoms with Crippen molar-refractivity contribution in [2.75, 3.05) is 0 Å². The number of furan rings is 1. The van der Waals surface area contributed by atoms with E-state index in [1.165, 1.54) is 10.9 Å². The minimum Gasteiger partial charge on any atom is -0.461 e. The highest BCUT2D eigenvalue weighted by Crippen LogP contribution is 2.25. The van der Waals surface area contributed by atoms with Gasteiger partial charge < -0.3 is 9.73 Å². The van der Waals surface area contributed by atoms with Gasteiger partial charge in [0.25, 0.3) is 0 Å². The molecule has 1 atom stereocenters. The Bertz CT molecular complexity index is 670. The Labute approximate surface area is 111 Å². The summed E-state index contributed by atoms with van der Waals surface area (Å²) < 4.78 is 5.76. The lowest BCUT2D eigenvalue weighted by Gasteiger charge is -2.11. The predicted molar refractivity (Wildman–Crippen MR) is 74.8 cm³/mol. The average Bonchev–Trinajstić information content (AvgIpc) is 3.03. The molecule has 0 bridgehead atoms. The van der Waals surface area contributed by atoms with Gasteiger partial charge in [-0.2, -0.15) is 5.10 Å². The molecule has 2 N–H and O–H groups in total. The molecule has 0 aliphatic rings. The number of para-hydroxylation sites is 1. The summed E-state index contributed by atoms with van der Waals surface area (Å²) in [6.45, 7) is 4.93. The first-order valence-corrected chi connectivity index (χ1v) is 6.45. The van der Waals surface area contributed by atoms with Crippen molar-refractivity contribution in [2.45, 2.75) is 26.4 Å². The number of benzene rings is 1. The lowest BCUT2D eigenvalue weighted by Crippen LogP contribution is -2.17. The summed E-state index contributed by atoms with van der Waals surface area (Å²) in [4.78, 5) is 0. The first kappa shape index (κ1) is 12.0. The molecule has 3 aromatic rings. The minimum absolute atomic E-state index is 0.256. The van der Waals surface area contributed by atoms with Crippen LogP contribution in [0.1, 0.15) is 29.9 Å². The van der Waals surface area contributed by atoms with Crippen LogP contribution < -0.4 is 5.32 Å². The summed E-state index contributed by atoms with van der Waals surface area (Å²) in [5.41, 5.74) is 3.34. The van der Waals surface area contributed by atoms with Gasteiger partial charge in [-0.3, -0.25) is 5.10 Å². The van der Waals surface area contributed by atoms with Gasteiger partial charge in [0.2, 0.25) is 0 Å². The Balaban J connectivity index is 1.80. The second-order valence-electron chi connectivity index (χ2n) is 4.77. The van der Waals surface area contributed by atoms with Crippen molar-refractivity contribution in [3.63, 3.8) is 0 Å². The second-order valence-corrected chi connectivity index (χ2v) is 4.77. The fourth-order valence-corrected chi connectivity index (χ4v) is 2.31. The maximum Gasteiger partial charge on any atom is 0.134 e. The largest absolute Gasteiger partial charge is 0.461 e. The minimum atomic E-state index is 0.256. The van der Waals surface area contributed by atoms with Crippen molar-refractivity contribution < 1.29 is 4.42 Å². The summed E-state index contributed by atoms with van der Waals surface area (Å²) in [6.07, 6.45) is 3.76. The lowest BCUT2D eigenvalue weighted by molar-refractivity contribution is 0.544. The molecule has 1 aromatic carbocycles. The number of nitrogens with zero attached hydrogens (tertiary/aromatic N) is 1. The SMILES string of the molecule is Cc1oc2ccccc2c1CNC(C)c1cn[nH]c1. The van der Waals surface area contributed by atoms with E-state index in [9.17, 15) is 0 Å². The second kappa shape index (κ2) is 4.90. The van der Waals surface area contributed by atoms with Crippen LogP contribution in [0.25, 0.3) is 11.0 Å². The van der Waals surface area contributed by atoms with E-state index < -0.39 is 0 Å². The van der Waals surface area contributed by atoms with Gasteiger partial charge in [-0.05, 0) is 19.9 Å². The summed E-state index contributed by atoms with van der Waals surface area (Å²) in [5, 5.41) is 11.5. The van der Waals surface area contributed by atoms with E-state index in [0.29, 0.717) is 0 Å². The van der Waals surface area contributed by atoms with Gasteiger partial charge in [0.1, 0.15) is 11.3 Å². The van der Waals surface area contributed by atoms with E-state index >= 15 is 0 Å². The smallest absolute Gasteiger partial charge is 0.134 e. The third kappa shape index (κ3) is 2.27. The lowest BCUT2D eigenvalue weighted by atomic mass is 10.1. The Morgan fingerprint density at radius 1 is 1.37 bits per heavy atom. The van der Waals surface area contributed by atoms with Crippen molar-refractivity contribution in [1.29, 1.82) is 0 Å². The van der Waals surface area contributed by atoms with Gasteiger partial charge >= 0.3 is 0 Å². The van der Waals surface area contributed by atoms with Gasteiger partial charge in [-0.1, -0.05) is 18.2 Å². The van der Waals surface area contributed by atoms with Crippen LogP contribution in [-0.2, 0) is 6.54 Å². The third-order valence-corrected chi connectivity index (χ3v) is 3.50. The zero-order valence-electron chi connectivity index (χ0n) is 11.1. The molecule has 0 saturated carbocycles. The molecule has 4 nitrogen and oxygen atoms in total. The first-order valence-electron chi connectivity index (χ1n) is 6.45. The number of hydrogen-bond donors (Lipinski definition) is 2. The average molecular weight is 255 g/mol. The van der Waals surface area contributed by atoms with Gasteiger partial charge in [-0.15, -0.1) is 0 Å². The molecule has 0 saturated heterocycles. The zero-order chi connectivity index (χ0) is 13.2. The van der Waals surface area contributed by atoms with Crippen LogP contribution in [0.15, 0.2) is 41.1 Å². The Morgan fingerprint density at radius 2 is 2.21 bits per heavy atom. The van der Waals surface area contributed by atoms with Gasteiger partial charge in [-0.25, -0.2) is 0 Å². The van der Waals surface area contributed by atoms with Crippen LogP contribution in [-0.4, -0.2) is 10.2 Å². The number of aromatic nitrogens is 2. The Hall–Kier alpha value is -2.07. The summed E-state index contributed by atoms with van der Waals surface area (Å²) in [6, 6.07) is 8.40. The predicted octanol–water partition coefficient (Wildman–Crippen LogP) is 3.32. The number of H-pyrrole nitrogens is 1.